The van der Waals surface area contributed by atoms with Gasteiger partial charge in [-0.05, 0) is 36.3 Å². The maximum atomic E-state index is 3.41. The largest absolute Gasteiger partial charge is 0.312 e. The van der Waals surface area contributed by atoms with Crippen molar-refractivity contribution in [3.05, 3.63) is 35.4 Å². The van der Waals surface area contributed by atoms with Gasteiger partial charge in [0.25, 0.3) is 0 Å². The first-order valence-corrected chi connectivity index (χ1v) is 7.66. The molecule has 1 unspecified atom stereocenters. The van der Waals surface area contributed by atoms with E-state index in [2.05, 4.69) is 50.4 Å². The van der Waals surface area contributed by atoms with Gasteiger partial charge in [0.15, 0.2) is 0 Å². The van der Waals surface area contributed by atoms with E-state index in [9.17, 15) is 0 Å². The van der Waals surface area contributed by atoms with Gasteiger partial charge in [-0.2, -0.15) is 11.8 Å². The number of hydrogen-bond donors (Lipinski definition) is 1. The summed E-state index contributed by atoms with van der Waals surface area (Å²) >= 11 is 2.04. The molecule has 0 amide bonds. The summed E-state index contributed by atoms with van der Waals surface area (Å²) in [7, 11) is 2.05. The SMILES string of the molecule is CCc1ccc(C(CSCC(C)C)NC)cc1. The molecule has 0 bridgehead atoms. The number of aryl methyl sites for hydroxylation is 1. The summed E-state index contributed by atoms with van der Waals surface area (Å²) in [6.07, 6.45) is 1.12. The van der Waals surface area contributed by atoms with E-state index in [0.29, 0.717) is 6.04 Å². The van der Waals surface area contributed by atoms with E-state index in [4.69, 9.17) is 0 Å². The minimum Gasteiger partial charge on any atom is -0.312 e. The molecule has 1 aromatic rings. The van der Waals surface area contributed by atoms with E-state index < -0.39 is 0 Å². The van der Waals surface area contributed by atoms with Crippen molar-refractivity contribution in [1.29, 1.82) is 0 Å². The average Bonchev–Trinajstić information content (AvgIpc) is 2.34. The molecule has 0 radical (unpaired) electrons. The molecular weight excluding hydrogens is 226 g/mol. The molecular formula is C15H25NS. The topological polar surface area (TPSA) is 12.0 Å². The number of benzene rings is 1. The summed E-state index contributed by atoms with van der Waals surface area (Å²) in [6.45, 7) is 6.75. The van der Waals surface area contributed by atoms with Crippen LogP contribution in [0.5, 0.6) is 0 Å². The molecule has 2 heteroatoms. The zero-order chi connectivity index (χ0) is 12.7. The van der Waals surface area contributed by atoms with Crippen molar-refractivity contribution in [3.63, 3.8) is 0 Å². The van der Waals surface area contributed by atoms with E-state index in [1.807, 2.05) is 18.8 Å². The number of nitrogens with one attached hydrogen (secondary N) is 1. The van der Waals surface area contributed by atoms with E-state index >= 15 is 0 Å². The molecule has 0 fully saturated rings. The molecule has 1 nitrogen and oxygen atoms in total. The Morgan fingerprint density at radius 2 is 1.76 bits per heavy atom. The van der Waals surface area contributed by atoms with E-state index in [1.165, 1.54) is 16.9 Å². The zero-order valence-electron chi connectivity index (χ0n) is 11.5. The minimum atomic E-state index is 0.477. The molecule has 0 aliphatic carbocycles. The minimum absolute atomic E-state index is 0.477. The predicted molar refractivity (Wildman–Crippen MR) is 79.8 cm³/mol. The zero-order valence-corrected chi connectivity index (χ0v) is 12.3. The van der Waals surface area contributed by atoms with Crippen molar-refractivity contribution in [2.24, 2.45) is 5.92 Å². The van der Waals surface area contributed by atoms with Crippen LogP contribution in [0.4, 0.5) is 0 Å². The van der Waals surface area contributed by atoms with Gasteiger partial charge < -0.3 is 5.32 Å². The second-order valence-electron chi connectivity index (χ2n) is 4.87. The van der Waals surface area contributed by atoms with Gasteiger partial charge in [-0.3, -0.25) is 0 Å². The molecule has 17 heavy (non-hydrogen) atoms. The first-order chi connectivity index (χ1) is 8.17. The molecule has 1 N–H and O–H groups in total. The van der Waals surface area contributed by atoms with Crippen LogP contribution in [0.1, 0.15) is 37.9 Å². The van der Waals surface area contributed by atoms with Gasteiger partial charge in [0.05, 0.1) is 0 Å². The lowest BCUT2D eigenvalue weighted by Crippen LogP contribution is -2.19. The van der Waals surface area contributed by atoms with Crippen LogP contribution >= 0.6 is 11.8 Å². The maximum absolute atomic E-state index is 3.41. The molecule has 0 saturated carbocycles. The normalized spacial score (nSPS) is 13.0. The number of rotatable bonds is 7. The lowest BCUT2D eigenvalue weighted by molar-refractivity contribution is 0.659. The quantitative estimate of drug-likeness (QED) is 0.789. The highest BCUT2D eigenvalue weighted by Gasteiger charge is 2.09. The molecule has 0 heterocycles. The Balaban J connectivity index is 2.53. The smallest absolute Gasteiger partial charge is 0.0409 e. The maximum Gasteiger partial charge on any atom is 0.0409 e. The molecule has 0 aromatic heterocycles. The Kier molecular flexibility index (Phi) is 6.68. The van der Waals surface area contributed by atoms with Crippen molar-refractivity contribution in [2.45, 2.75) is 33.2 Å². The Bertz CT molecular complexity index is 305. The van der Waals surface area contributed by atoms with Crippen molar-refractivity contribution in [1.82, 2.24) is 5.32 Å². The van der Waals surface area contributed by atoms with Crippen LogP contribution in [0.25, 0.3) is 0 Å². The third-order valence-electron chi connectivity index (χ3n) is 2.87. The van der Waals surface area contributed by atoms with E-state index in [0.717, 1.165) is 18.1 Å². The summed E-state index contributed by atoms with van der Waals surface area (Å²) in [5, 5.41) is 3.41. The standard InChI is InChI=1S/C15H25NS/c1-5-13-6-8-14(9-7-13)15(16-4)11-17-10-12(2)3/h6-9,12,15-16H,5,10-11H2,1-4H3. The third-order valence-corrected chi connectivity index (χ3v) is 4.35. The summed E-state index contributed by atoms with van der Waals surface area (Å²) in [4.78, 5) is 0. The van der Waals surface area contributed by atoms with Gasteiger partial charge in [0.2, 0.25) is 0 Å². The molecule has 1 rings (SSSR count). The summed E-state index contributed by atoms with van der Waals surface area (Å²) in [6, 6.07) is 9.48. The third kappa shape index (κ3) is 5.13. The number of thioether (sulfide) groups is 1. The second kappa shape index (κ2) is 7.78. The Labute approximate surface area is 110 Å². The highest BCUT2D eigenvalue weighted by atomic mass is 32.2. The lowest BCUT2D eigenvalue weighted by Gasteiger charge is -2.17. The first-order valence-electron chi connectivity index (χ1n) is 6.51. The molecule has 0 aliphatic heterocycles. The lowest BCUT2D eigenvalue weighted by atomic mass is 10.1. The Hall–Kier alpha value is -0.470. The monoisotopic (exact) mass is 251 g/mol. The van der Waals surface area contributed by atoms with Crippen LogP contribution in [0, 0.1) is 5.92 Å². The van der Waals surface area contributed by atoms with Gasteiger partial charge >= 0.3 is 0 Å². The summed E-state index contributed by atoms with van der Waals surface area (Å²) < 4.78 is 0. The fourth-order valence-corrected chi connectivity index (χ4v) is 2.96. The van der Waals surface area contributed by atoms with Gasteiger partial charge in [0, 0.05) is 11.8 Å². The van der Waals surface area contributed by atoms with E-state index in [1.54, 1.807) is 0 Å². The Morgan fingerprint density at radius 3 is 2.24 bits per heavy atom. The highest BCUT2D eigenvalue weighted by Crippen LogP contribution is 2.20. The second-order valence-corrected chi connectivity index (χ2v) is 5.94. The fraction of sp³-hybridized carbons (Fsp3) is 0.600. The number of hydrogen-bond acceptors (Lipinski definition) is 2. The van der Waals surface area contributed by atoms with Crippen LogP contribution in [0.3, 0.4) is 0 Å². The van der Waals surface area contributed by atoms with Gasteiger partial charge in [0.1, 0.15) is 0 Å². The van der Waals surface area contributed by atoms with E-state index in [-0.39, 0.29) is 0 Å². The molecule has 1 aromatic carbocycles. The summed E-state index contributed by atoms with van der Waals surface area (Å²) in [5.41, 5.74) is 2.82. The van der Waals surface area contributed by atoms with Crippen LogP contribution in [-0.4, -0.2) is 18.6 Å². The van der Waals surface area contributed by atoms with Crippen LogP contribution in [0.15, 0.2) is 24.3 Å². The van der Waals surface area contributed by atoms with Crippen LogP contribution in [-0.2, 0) is 6.42 Å². The van der Waals surface area contributed by atoms with Gasteiger partial charge in [-0.1, -0.05) is 45.0 Å². The van der Waals surface area contributed by atoms with Crippen molar-refractivity contribution in [2.75, 3.05) is 18.6 Å². The Morgan fingerprint density at radius 1 is 1.12 bits per heavy atom. The first kappa shape index (κ1) is 14.6. The summed E-state index contributed by atoms with van der Waals surface area (Å²) in [5.74, 6) is 3.17. The molecule has 0 spiro atoms. The molecule has 96 valence electrons. The predicted octanol–water partition coefficient (Wildman–Crippen LogP) is 3.90. The molecule has 1 atom stereocenters. The van der Waals surface area contributed by atoms with Gasteiger partial charge in [-0.25, -0.2) is 0 Å². The average molecular weight is 251 g/mol. The van der Waals surface area contributed by atoms with Crippen LogP contribution < -0.4 is 5.32 Å². The van der Waals surface area contributed by atoms with Crippen molar-refractivity contribution >= 4 is 11.8 Å². The van der Waals surface area contributed by atoms with Crippen molar-refractivity contribution < 1.29 is 0 Å². The highest BCUT2D eigenvalue weighted by molar-refractivity contribution is 7.99. The fourth-order valence-electron chi connectivity index (χ4n) is 1.75. The molecule has 0 saturated heterocycles. The van der Waals surface area contributed by atoms with Crippen LogP contribution in [0.2, 0.25) is 0 Å². The molecule has 0 aliphatic rings. The van der Waals surface area contributed by atoms with Gasteiger partial charge in [-0.15, -0.1) is 0 Å². The van der Waals surface area contributed by atoms with Crippen molar-refractivity contribution in [3.8, 4) is 0 Å².